The maximum atomic E-state index is 5.55. The van der Waals surface area contributed by atoms with Crippen molar-refractivity contribution >= 4 is 10.9 Å². The number of ether oxygens (including phenoxy) is 2. The third kappa shape index (κ3) is 2.62. The molecule has 0 bridgehead atoms. The van der Waals surface area contributed by atoms with Crippen LogP contribution < -0.4 is 14.8 Å². The Kier molecular flexibility index (Phi) is 3.60. The van der Waals surface area contributed by atoms with Crippen LogP contribution >= 0.6 is 0 Å². The predicted molar refractivity (Wildman–Crippen MR) is 89.6 cm³/mol. The molecule has 116 valence electrons. The second-order valence-electron chi connectivity index (χ2n) is 5.69. The van der Waals surface area contributed by atoms with Crippen molar-refractivity contribution in [3.05, 3.63) is 65.4 Å². The van der Waals surface area contributed by atoms with Crippen LogP contribution in [0.5, 0.6) is 11.5 Å². The van der Waals surface area contributed by atoms with E-state index in [0.29, 0.717) is 6.79 Å². The van der Waals surface area contributed by atoms with Crippen molar-refractivity contribution in [3.63, 3.8) is 0 Å². The van der Waals surface area contributed by atoms with Crippen LogP contribution in [0.4, 0.5) is 0 Å². The minimum absolute atomic E-state index is 0.304. The van der Waals surface area contributed by atoms with Gasteiger partial charge in [0, 0.05) is 30.2 Å². The van der Waals surface area contributed by atoms with E-state index in [1.165, 1.54) is 16.5 Å². The molecule has 4 rings (SSSR count). The molecule has 2 aromatic carbocycles. The second-order valence-corrected chi connectivity index (χ2v) is 5.69. The SMILES string of the molecule is Cc1ccc2cccnc2c1CNCc1cccc2c1OCO2. The Morgan fingerprint density at radius 1 is 1.04 bits per heavy atom. The summed E-state index contributed by atoms with van der Waals surface area (Å²) in [6, 6.07) is 14.3. The van der Waals surface area contributed by atoms with Crippen LogP contribution in [-0.2, 0) is 13.1 Å². The standard InChI is InChI=1S/C19H18N2O2/c1-13-7-8-14-5-3-9-21-18(14)16(13)11-20-10-15-4-2-6-17-19(15)23-12-22-17/h2-9,20H,10-12H2,1H3. The Hall–Kier alpha value is -2.59. The van der Waals surface area contributed by atoms with E-state index in [-0.39, 0.29) is 0 Å². The monoisotopic (exact) mass is 306 g/mol. The van der Waals surface area contributed by atoms with Crippen molar-refractivity contribution in [2.45, 2.75) is 20.0 Å². The smallest absolute Gasteiger partial charge is 0.231 e. The van der Waals surface area contributed by atoms with Gasteiger partial charge in [-0.3, -0.25) is 4.98 Å². The van der Waals surface area contributed by atoms with Gasteiger partial charge in [0.05, 0.1) is 5.52 Å². The van der Waals surface area contributed by atoms with Crippen molar-refractivity contribution < 1.29 is 9.47 Å². The van der Waals surface area contributed by atoms with Gasteiger partial charge in [-0.15, -0.1) is 0 Å². The van der Waals surface area contributed by atoms with E-state index in [0.717, 1.165) is 35.7 Å². The summed E-state index contributed by atoms with van der Waals surface area (Å²) in [5, 5.41) is 4.68. The van der Waals surface area contributed by atoms with Crippen LogP contribution in [0.3, 0.4) is 0 Å². The number of nitrogens with one attached hydrogen (secondary N) is 1. The van der Waals surface area contributed by atoms with Gasteiger partial charge in [0.15, 0.2) is 11.5 Å². The number of pyridine rings is 1. The predicted octanol–water partition coefficient (Wildman–Crippen LogP) is 3.56. The molecular weight excluding hydrogens is 288 g/mol. The largest absolute Gasteiger partial charge is 0.454 e. The number of aryl methyl sites for hydroxylation is 1. The number of benzene rings is 2. The molecule has 0 atom stereocenters. The molecule has 0 radical (unpaired) electrons. The van der Waals surface area contributed by atoms with Crippen molar-refractivity contribution in [2.24, 2.45) is 0 Å². The van der Waals surface area contributed by atoms with Gasteiger partial charge in [-0.25, -0.2) is 0 Å². The average Bonchev–Trinajstić information content (AvgIpc) is 3.06. The van der Waals surface area contributed by atoms with E-state index in [4.69, 9.17) is 9.47 Å². The fourth-order valence-corrected chi connectivity index (χ4v) is 2.98. The molecule has 0 saturated carbocycles. The molecule has 0 unspecified atom stereocenters. The van der Waals surface area contributed by atoms with Gasteiger partial charge >= 0.3 is 0 Å². The lowest BCUT2D eigenvalue weighted by atomic mass is 10.0. The molecule has 0 spiro atoms. The number of rotatable bonds is 4. The molecule has 4 heteroatoms. The van der Waals surface area contributed by atoms with Gasteiger partial charge in [0.2, 0.25) is 6.79 Å². The molecule has 0 amide bonds. The van der Waals surface area contributed by atoms with Crippen LogP contribution in [0.25, 0.3) is 10.9 Å². The van der Waals surface area contributed by atoms with Crippen LogP contribution in [-0.4, -0.2) is 11.8 Å². The molecule has 0 fully saturated rings. The van der Waals surface area contributed by atoms with Gasteiger partial charge in [-0.2, -0.15) is 0 Å². The van der Waals surface area contributed by atoms with Crippen LogP contribution in [0.1, 0.15) is 16.7 Å². The normalized spacial score (nSPS) is 12.7. The lowest BCUT2D eigenvalue weighted by Gasteiger charge is -2.12. The van der Waals surface area contributed by atoms with Crippen LogP contribution in [0.15, 0.2) is 48.7 Å². The Morgan fingerprint density at radius 3 is 2.96 bits per heavy atom. The Labute approximate surface area is 135 Å². The van der Waals surface area contributed by atoms with Gasteiger partial charge in [0.1, 0.15) is 0 Å². The third-order valence-corrected chi connectivity index (χ3v) is 4.21. The van der Waals surface area contributed by atoms with Crippen LogP contribution in [0, 0.1) is 6.92 Å². The van der Waals surface area contributed by atoms with Gasteiger partial charge in [-0.05, 0) is 30.2 Å². The summed E-state index contributed by atoms with van der Waals surface area (Å²) in [7, 11) is 0. The highest BCUT2D eigenvalue weighted by Crippen LogP contribution is 2.35. The molecule has 2 heterocycles. The zero-order chi connectivity index (χ0) is 15.6. The summed E-state index contributed by atoms with van der Waals surface area (Å²) >= 11 is 0. The highest BCUT2D eigenvalue weighted by molar-refractivity contribution is 5.82. The molecular formula is C19H18N2O2. The summed E-state index contributed by atoms with van der Waals surface area (Å²) in [6.07, 6.45) is 1.85. The molecule has 1 N–H and O–H groups in total. The van der Waals surface area contributed by atoms with Crippen molar-refractivity contribution in [1.82, 2.24) is 10.3 Å². The summed E-state index contributed by atoms with van der Waals surface area (Å²) < 4.78 is 11.0. The molecule has 23 heavy (non-hydrogen) atoms. The van der Waals surface area contributed by atoms with E-state index < -0.39 is 0 Å². The first-order valence-electron chi connectivity index (χ1n) is 7.74. The van der Waals surface area contributed by atoms with Crippen molar-refractivity contribution in [3.8, 4) is 11.5 Å². The highest BCUT2D eigenvalue weighted by Gasteiger charge is 2.16. The van der Waals surface area contributed by atoms with Crippen molar-refractivity contribution in [1.29, 1.82) is 0 Å². The molecule has 1 aliphatic rings. The Balaban J connectivity index is 1.54. The van der Waals surface area contributed by atoms with E-state index in [1.54, 1.807) is 0 Å². The van der Waals surface area contributed by atoms with Gasteiger partial charge < -0.3 is 14.8 Å². The van der Waals surface area contributed by atoms with E-state index in [2.05, 4.69) is 41.5 Å². The van der Waals surface area contributed by atoms with Crippen LogP contribution in [0.2, 0.25) is 0 Å². The summed E-state index contributed by atoms with van der Waals surface area (Å²) in [4.78, 5) is 4.54. The first-order valence-corrected chi connectivity index (χ1v) is 7.74. The zero-order valence-corrected chi connectivity index (χ0v) is 13.0. The number of hydrogen-bond donors (Lipinski definition) is 1. The number of hydrogen-bond acceptors (Lipinski definition) is 4. The van der Waals surface area contributed by atoms with E-state index in [1.807, 2.05) is 24.4 Å². The zero-order valence-electron chi connectivity index (χ0n) is 13.0. The third-order valence-electron chi connectivity index (χ3n) is 4.21. The number of fused-ring (bicyclic) bond motifs is 2. The first kappa shape index (κ1) is 14.0. The second kappa shape index (κ2) is 5.89. The Morgan fingerprint density at radius 2 is 2.00 bits per heavy atom. The first-order chi connectivity index (χ1) is 11.3. The maximum Gasteiger partial charge on any atom is 0.231 e. The Bertz CT molecular complexity index is 861. The molecule has 3 aromatic rings. The highest BCUT2D eigenvalue weighted by atomic mass is 16.7. The quantitative estimate of drug-likeness (QED) is 0.800. The number of nitrogens with zero attached hydrogens (tertiary/aromatic N) is 1. The number of aromatic nitrogens is 1. The van der Waals surface area contributed by atoms with Crippen molar-refractivity contribution in [2.75, 3.05) is 6.79 Å². The van der Waals surface area contributed by atoms with Gasteiger partial charge in [-0.1, -0.05) is 30.3 Å². The molecule has 4 nitrogen and oxygen atoms in total. The summed E-state index contributed by atoms with van der Waals surface area (Å²) in [5.74, 6) is 1.68. The minimum atomic E-state index is 0.304. The fraction of sp³-hybridized carbons (Fsp3) is 0.211. The van der Waals surface area contributed by atoms with E-state index in [9.17, 15) is 0 Å². The van der Waals surface area contributed by atoms with E-state index >= 15 is 0 Å². The molecule has 0 aliphatic carbocycles. The summed E-state index contributed by atoms with van der Waals surface area (Å²) in [5.41, 5.74) is 4.68. The average molecular weight is 306 g/mol. The fourth-order valence-electron chi connectivity index (χ4n) is 2.98. The minimum Gasteiger partial charge on any atom is -0.454 e. The lowest BCUT2D eigenvalue weighted by molar-refractivity contribution is 0.173. The molecule has 0 saturated heterocycles. The number of para-hydroxylation sites is 1. The maximum absolute atomic E-state index is 5.55. The van der Waals surface area contributed by atoms with Gasteiger partial charge in [0.25, 0.3) is 0 Å². The lowest BCUT2D eigenvalue weighted by Crippen LogP contribution is -2.14. The topological polar surface area (TPSA) is 43.4 Å². The summed E-state index contributed by atoms with van der Waals surface area (Å²) in [6.45, 7) is 3.93. The molecule has 1 aromatic heterocycles. The molecule has 1 aliphatic heterocycles.